The lowest BCUT2D eigenvalue weighted by Crippen LogP contribution is -2.42. The second kappa shape index (κ2) is 4.82. The normalized spacial score (nSPS) is 15.6. The quantitative estimate of drug-likeness (QED) is 0.423. The van der Waals surface area contributed by atoms with Crippen LogP contribution in [0.1, 0.15) is 17.2 Å². The van der Waals surface area contributed by atoms with Gasteiger partial charge in [-0.2, -0.15) is 0 Å². The maximum absolute atomic E-state index is 14.1. The molecule has 2 aromatic rings. The van der Waals surface area contributed by atoms with Crippen LogP contribution in [0.15, 0.2) is 42.5 Å². The zero-order chi connectivity index (χ0) is 14.1. The Bertz CT molecular complexity index is 675. The van der Waals surface area contributed by atoms with E-state index in [1.807, 2.05) is 11.5 Å². The van der Waals surface area contributed by atoms with Gasteiger partial charge in [-0.1, -0.05) is 24.3 Å². The summed E-state index contributed by atoms with van der Waals surface area (Å²) in [7, 11) is 0. The topological polar surface area (TPSA) is 76.4 Å². The Morgan fingerprint density at radius 3 is 2.70 bits per heavy atom. The van der Waals surface area contributed by atoms with E-state index in [9.17, 15) is 9.18 Å². The first kappa shape index (κ1) is 12.4. The summed E-state index contributed by atoms with van der Waals surface area (Å²) in [5, 5.41) is 2.63. The zero-order valence-electron chi connectivity index (χ0n) is 10.4. The van der Waals surface area contributed by atoms with Crippen LogP contribution in [0.2, 0.25) is 0 Å². The molecule has 5 nitrogen and oxygen atoms in total. The first-order chi connectivity index (χ1) is 9.70. The average molecular weight is 273 g/mol. The molecule has 0 saturated heterocycles. The van der Waals surface area contributed by atoms with E-state index in [0.29, 0.717) is 17.1 Å². The minimum atomic E-state index is -0.653. The summed E-state index contributed by atoms with van der Waals surface area (Å²) < 4.78 is 19.7. The van der Waals surface area contributed by atoms with Crippen LogP contribution in [-0.4, -0.2) is 6.03 Å². The number of nitrogens with one attached hydrogen (secondary N) is 2. The van der Waals surface area contributed by atoms with Crippen LogP contribution in [-0.2, 0) is 0 Å². The van der Waals surface area contributed by atoms with Crippen LogP contribution in [0.25, 0.3) is 0 Å². The van der Waals surface area contributed by atoms with Crippen molar-refractivity contribution in [1.82, 2.24) is 10.7 Å². The molecule has 0 fully saturated rings. The molecular weight excluding hydrogens is 261 g/mol. The Labute approximate surface area is 114 Å². The van der Waals surface area contributed by atoms with Gasteiger partial charge < -0.3 is 10.1 Å². The highest BCUT2D eigenvalue weighted by Gasteiger charge is 2.30. The van der Waals surface area contributed by atoms with Gasteiger partial charge in [0.15, 0.2) is 0 Å². The van der Waals surface area contributed by atoms with Gasteiger partial charge >= 0.3 is 6.03 Å². The van der Waals surface area contributed by atoms with E-state index in [0.717, 1.165) is 0 Å². The number of halogens is 1. The van der Waals surface area contributed by atoms with Crippen molar-refractivity contribution in [2.75, 3.05) is 0 Å². The second-order valence-electron chi connectivity index (χ2n) is 4.34. The third-order valence-electron chi connectivity index (χ3n) is 3.16. The number of carbonyl (C=O) groups is 1. The summed E-state index contributed by atoms with van der Waals surface area (Å²) in [5.41, 5.74) is 2.94. The minimum absolute atomic E-state index is 0.287. The predicted molar refractivity (Wildman–Crippen MR) is 70.6 cm³/mol. The maximum atomic E-state index is 14.1. The van der Waals surface area contributed by atoms with E-state index in [1.54, 1.807) is 30.3 Å². The highest BCUT2D eigenvalue weighted by Crippen LogP contribution is 2.43. The van der Waals surface area contributed by atoms with Crippen LogP contribution < -0.4 is 21.3 Å². The standard InChI is InChI=1S/C14H12FN3O2/c15-9-5-3-7-11-12(9)13(17-14(19)18-16)8-4-1-2-6-10(8)20-11/h1-7,13H,16H2,(H2,17,18,19). The van der Waals surface area contributed by atoms with Gasteiger partial charge in [0.1, 0.15) is 17.3 Å². The fourth-order valence-electron chi connectivity index (χ4n) is 2.29. The van der Waals surface area contributed by atoms with Crippen molar-refractivity contribution in [3.63, 3.8) is 0 Å². The van der Waals surface area contributed by atoms with Crippen molar-refractivity contribution in [2.24, 2.45) is 5.84 Å². The number of hydrogen-bond donors (Lipinski definition) is 3. The van der Waals surface area contributed by atoms with Crippen molar-refractivity contribution < 1.29 is 13.9 Å². The molecule has 1 atom stereocenters. The highest BCUT2D eigenvalue weighted by molar-refractivity contribution is 5.75. The molecule has 1 unspecified atom stereocenters. The van der Waals surface area contributed by atoms with Gasteiger partial charge in [0.25, 0.3) is 0 Å². The number of hydrazine groups is 1. The number of nitrogens with two attached hydrogens (primary N) is 1. The molecule has 102 valence electrons. The SMILES string of the molecule is NNC(=O)NC1c2ccccc2Oc2cccc(F)c21. The molecule has 2 amide bonds. The van der Waals surface area contributed by atoms with E-state index in [4.69, 9.17) is 10.6 Å². The molecule has 20 heavy (non-hydrogen) atoms. The number of hydrogen-bond acceptors (Lipinski definition) is 3. The average Bonchev–Trinajstić information content (AvgIpc) is 2.47. The lowest BCUT2D eigenvalue weighted by atomic mass is 9.94. The third-order valence-corrected chi connectivity index (χ3v) is 3.16. The second-order valence-corrected chi connectivity index (χ2v) is 4.34. The lowest BCUT2D eigenvalue weighted by molar-refractivity contribution is 0.238. The number of benzene rings is 2. The van der Waals surface area contributed by atoms with Gasteiger partial charge in [-0.25, -0.2) is 15.0 Å². The predicted octanol–water partition coefficient (Wildman–Crippen LogP) is 2.19. The number of para-hydroxylation sites is 1. The molecule has 0 spiro atoms. The first-order valence-electron chi connectivity index (χ1n) is 6.03. The molecule has 0 aromatic heterocycles. The van der Waals surface area contributed by atoms with Crippen LogP contribution in [0.4, 0.5) is 9.18 Å². The van der Waals surface area contributed by atoms with E-state index in [2.05, 4.69) is 5.32 Å². The molecule has 1 aliphatic rings. The molecule has 0 saturated carbocycles. The zero-order valence-corrected chi connectivity index (χ0v) is 10.4. The summed E-state index contributed by atoms with van der Waals surface area (Å²) in [4.78, 5) is 11.5. The fraction of sp³-hybridized carbons (Fsp3) is 0.0714. The monoisotopic (exact) mass is 273 g/mol. The number of urea groups is 1. The number of rotatable bonds is 1. The number of carbonyl (C=O) groups excluding carboxylic acids is 1. The summed E-state index contributed by atoms with van der Waals surface area (Å²) in [5.74, 6) is 5.59. The molecule has 0 bridgehead atoms. The van der Waals surface area contributed by atoms with Crippen LogP contribution in [0.5, 0.6) is 11.5 Å². The third kappa shape index (κ3) is 1.96. The van der Waals surface area contributed by atoms with Gasteiger partial charge in [0.05, 0.1) is 11.6 Å². The molecule has 1 aliphatic heterocycles. The van der Waals surface area contributed by atoms with Crippen molar-refractivity contribution in [3.8, 4) is 11.5 Å². The number of ether oxygens (including phenoxy) is 1. The Kier molecular flexibility index (Phi) is 3.00. The molecule has 2 aromatic carbocycles. The molecule has 6 heteroatoms. The van der Waals surface area contributed by atoms with Crippen LogP contribution in [0, 0.1) is 5.82 Å². The first-order valence-corrected chi connectivity index (χ1v) is 6.03. The smallest absolute Gasteiger partial charge is 0.329 e. The summed E-state index contributed by atoms with van der Waals surface area (Å²) in [6, 6.07) is 10.4. The van der Waals surface area contributed by atoms with E-state index in [-0.39, 0.29) is 5.56 Å². The van der Waals surface area contributed by atoms with E-state index in [1.165, 1.54) is 6.07 Å². The Morgan fingerprint density at radius 1 is 1.15 bits per heavy atom. The molecular formula is C14H12FN3O2. The van der Waals surface area contributed by atoms with Gasteiger partial charge in [-0.15, -0.1) is 0 Å². The molecule has 1 heterocycles. The Hall–Kier alpha value is -2.60. The van der Waals surface area contributed by atoms with E-state index >= 15 is 0 Å². The Morgan fingerprint density at radius 2 is 1.90 bits per heavy atom. The molecule has 4 N–H and O–H groups in total. The molecule has 3 rings (SSSR count). The largest absolute Gasteiger partial charge is 0.456 e. The van der Waals surface area contributed by atoms with Crippen molar-refractivity contribution >= 4 is 6.03 Å². The summed E-state index contributed by atoms with van der Waals surface area (Å²) >= 11 is 0. The van der Waals surface area contributed by atoms with Crippen molar-refractivity contribution in [2.45, 2.75) is 6.04 Å². The Balaban J connectivity index is 2.14. The van der Waals surface area contributed by atoms with Gasteiger partial charge in [0, 0.05) is 5.56 Å². The summed E-state index contributed by atoms with van der Waals surface area (Å²) in [6.07, 6.45) is 0. The summed E-state index contributed by atoms with van der Waals surface area (Å²) in [6.45, 7) is 0. The van der Waals surface area contributed by atoms with Crippen molar-refractivity contribution in [3.05, 3.63) is 59.4 Å². The van der Waals surface area contributed by atoms with E-state index < -0.39 is 17.9 Å². The van der Waals surface area contributed by atoms with Crippen molar-refractivity contribution in [1.29, 1.82) is 0 Å². The molecule has 0 aliphatic carbocycles. The van der Waals surface area contributed by atoms with Gasteiger partial charge in [-0.05, 0) is 18.2 Å². The lowest BCUT2D eigenvalue weighted by Gasteiger charge is -2.28. The highest BCUT2D eigenvalue weighted by atomic mass is 19.1. The van der Waals surface area contributed by atoms with Crippen LogP contribution in [0.3, 0.4) is 0 Å². The number of amides is 2. The fourth-order valence-corrected chi connectivity index (χ4v) is 2.29. The number of fused-ring (bicyclic) bond motifs is 2. The minimum Gasteiger partial charge on any atom is -0.456 e. The van der Waals surface area contributed by atoms with Gasteiger partial charge in [-0.3, -0.25) is 5.43 Å². The maximum Gasteiger partial charge on any atom is 0.329 e. The molecule has 0 radical (unpaired) electrons. The van der Waals surface area contributed by atoms with Gasteiger partial charge in [0.2, 0.25) is 0 Å². The van der Waals surface area contributed by atoms with Crippen LogP contribution >= 0.6 is 0 Å².